The Bertz CT molecular complexity index is 780. The lowest BCUT2D eigenvalue weighted by Crippen LogP contribution is -1.99. The summed E-state index contributed by atoms with van der Waals surface area (Å²) in [5.74, 6) is 0.296. The Labute approximate surface area is 124 Å². The highest BCUT2D eigenvalue weighted by atomic mass is 15.0. The summed E-state index contributed by atoms with van der Waals surface area (Å²) in [5, 5.41) is 0. The van der Waals surface area contributed by atoms with Gasteiger partial charge in [0, 0.05) is 11.1 Å². The predicted octanol–water partition coefficient (Wildman–Crippen LogP) is 4.01. The molecular weight excluding hydrogens is 258 g/mol. The van der Waals surface area contributed by atoms with Crippen LogP contribution in [-0.4, -0.2) is 9.97 Å². The lowest BCUT2D eigenvalue weighted by molar-refractivity contribution is 1.19. The van der Waals surface area contributed by atoms with Crippen LogP contribution in [0.15, 0.2) is 54.6 Å². The van der Waals surface area contributed by atoms with E-state index in [1.807, 2.05) is 36.4 Å². The summed E-state index contributed by atoms with van der Waals surface area (Å²) in [6, 6.07) is 18.3. The van der Waals surface area contributed by atoms with E-state index in [4.69, 9.17) is 5.73 Å². The molecule has 0 amide bonds. The fourth-order valence-electron chi connectivity index (χ4n) is 2.27. The first-order chi connectivity index (χ1) is 10.1. The molecule has 0 saturated heterocycles. The van der Waals surface area contributed by atoms with E-state index < -0.39 is 0 Å². The van der Waals surface area contributed by atoms with Crippen molar-refractivity contribution in [1.82, 2.24) is 9.97 Å². The van der Waals surface area contributed by atoms with Gasteiger partial charge in [-0.15, -0.1) is 0 Å². The molecule has 0 aliphatic carbocycles. The summed E-state index contributed by atoms with van der Waals surface area (Å²) in [5.41, 5.74) is 12.2. The van der Waals surface area contributed by atoms with Gasteiger partial charge in [-0.2, -0.15) is 0 Å². The molecule has 0 radical (unpaired) electrons. The average molecular weight is 275 g/mol. The van der Waals surface area contributed by atoms with Crippen LogP contribution < -0.4 is 5.73 Å². The third-order valence-corrected chi connectivity index (χ3v) is 3.62. The molecule has 0 bridgehead atoms. The molecule has 1 aromatic heterocycles. The topological polar surface area (TPSA) is 51.8 Å². The van der Waals surface area contributed by atoms with Gasteiger partial charge < -0.3 is 5.73 Å². The van der Waals surface area contributed by atoms with E-state index in [1.54, 1.807) is 0 Å². The molecule has 3 rings (SSSR count). The molecule has 3 nitrogen and oxygen atoms in total. The van der Waals surface area contributed by atoms with Gasteiger partial charge in [0.2, 0.25) is 5.95 Å². The zero-order valence-electron chi connectivity index (χ0n) is 12.2. The van der Waals surface area contributed by atoms with E-state index >= 15 is 0 Å². The number of rotatable bonds is 2. The summed E-state index contributed by atoms with van der Waals surface area (Å²) in [6.45, 7) is 4.20. The summed E-state index contributed by atoms with van der Waals surface area (Å²) in [6.07, 6.45) is 0. The van der Waals surface area contributed by atoms with Gasteiger partial charge in [-0.25, -0.2) is 9.97 Å². The molecule has 2 N–H and O–H groups in total. The lowest BCUT2D eigenvalue weighted by Gasteiger charge is -2.08. The van der Waals surface area contributed by atoms with Crippen LogP contribution in [-0.2, 0) is 0 Å². The van der Waals surface area contributed by atoms with Crippen LogP contribution in [0.4, 0.5) is 5.95 Å². The second-order valence-electron chi connectivity index (χ2n) is 5.16. The van der Waals surface area contributed by atoms with E-state index in [1.165, 1.54) is 11.1 Å². The highest BCUT2D eigenvalue weighted by Crippen LogP contribution is 2.25. The molecule has 0 atom stereocenters. The summed E-state index contributed by atoms with van der Waals surface area (Å²) >= 11 is 0. The van der Waals surface area contributed by atoms with Crippen molar-refractivity contribution in [1.29, 1.82) is 0 Å². The Kier molecular flexibility index (Phi) is 3.40. The molecule has 2 aromatic carbocycles. The van der Waals surface area contributed by atoms with E-state index in [9.17, 15) is 0 Å². The minimum absolute atomic E-state index is 0.296. The number of hydrogen-bond donors (Lipinski definition) is 1. The Hall–Kier alpha value is -2.68. The van der Waals surface area contributed by atoms with Gasteiger partial charge in [0.1, 0.15) is 0 Å². The maximum atomic E-state index is 5.88. The smallest absolute Gasteiger partial charge is 0.221 e. The van der Waals surface area contributed by atoms with Crippen molar-refractivity contribution in [3.8, 4) is 22.5 Å². The van der Waals surface area contributed by atoms with E-state index in [-0.39, 0.29) is 0 Å². The Morgan fingerprint density at radius 3 is 2.05 bits per heavy atom. The van der Waals surface area contributed by atoms with Crippen LogP contribution in [0.1, 0.15) is 11.1 Å². The molecule has 104 valence electrons. The van der Waals surface area contributed by atoms with Crippen molar-refractivity contribution in [2.24, 2.45) is 0 Å². The summed E-state index contributed by atoms with van der Waals surface area (Å²) in [7, 11) is 0. The number of hydrogen-bond acceptors (Lipinski definition) is 3. The molecule has 0 fully saturated rings. The van der Waals surface area contributed by atoms with Crippen molar-refractivity contribution in [3.05, 3.63) is 65.7 Å². The second-order valence-corrected chi connectivity index (χ2v) is 5.16. The summed E-state index contributed by atoms with van der Waals surface area (Å²) < 4.78 is 0. The zero-order valence-corrected chi connectivity index (χ0v) is 12.2. The van der Waals surface area contributed by atoms with E-state index in [0.717, 1.165) is 22.5 Å². The third kappa shape index (κ3) is 2.77. The second kappa shape index (κ2) is 5.37. The number of nitrogen functional groups attached to an aromatic ring is 1. The minimum Gasteiger partial charge on any atom is -0.368 e. The molecule has 3 aromatic rings. The molecule has 0 spiro atoms. The SMILES string of the molecule is Cc1ccc(-c2cc(-c3ccccc3)nc(N)n2)cc1C. The quantitative estimate of drug-likeness (QED) is 0.768. The zero-order chi connectivity index (χ0) is 14.8. The molecule has 21 heavy (non-hydrogen) atoms. The number of benzene rings is 2. The number of aryl methyl sites for hydroxylation is 2. The first kappa shape index (κ1) is 13.3. The largest absolute Gasteiger partial charge is 0.368 e. The molecule has 3 heteroatoms. The van der Waals surface area contributed by atoms with Crippen LogP contribution in [0.2, 0.25) is 0 Å². The van der Waals surface area contributed by atoms with Gasteiger partial charge in [-0.05, 0) is 37.1 Å². The van der Waals surface area contributed by atoms with Gasteiger partial charge in [0.25, 0.3) is 0 Å². The van der Waals surface area contributed by atoms with Crippen LogP contribution in [0.5, 0.6) is 0 Å². The molecule has 1 heterocycles. The molecule has 0 aliphatic heterocycles. The number of aromatic nitrogens is 2. The third-order valence-electron chi connectivity index (χ3n) is 3.62. The first-order valence-corrected chi connectivity index (χ1v) is 6.91. The Balaban J connectivity index is 2.11. The van der Waals surface area contributed by atoms with Crippen molar-refractivity contribution in [3.63, 3.8) is 0 Å². The van der Waals surface area contributed by atoms with Gasteiger partial charge >= 0.3 is 0 Å². The normalized spacial score (nSPS) is 10.6. The van der Waals surface area contributed by atoms with Gasteiger partial charge in [-0.1, -0.05) is 42.5 Å². The molecule has 0 unspecified atom stereocenters. The Morgan fingerprint density at radius 2 is 1.38 bits per heavy atom. The predicted molar refractivity (Wildman–Crippen MR) is 86.8 cm³/mol. The lowest BCUT2D eigenvalue weighted by atomic mass is 10.0. The van der Waals surface area contributed by atoms with Gasteiger partial charge in [0.05, 0.1) is 11.4 Å². The highest BCUT2D eigenvalue weighted by molar-refractivity contribution is 5.69. The highest BCUT2D eigenvalue weighted by Gasteiger charge is 2.07. The molecular formula is C18H17N3. The first-order valence-electron chi connectivity index (χ1n) is 6.91. The Morgan fingerprint density at radius 1 is 0.714 bits per heavy atom. The monoisotopic (exact) mass is 275 g/mol. The molecule has 0 aliphatic rings. The fraction of sp³-hybridized carbons (Fsp3) is 0.111. The fourth-order valence-corrected chi connectivity index (χ4v) is 2.27. The van der Waals surface area contributed by atoms with Crippen LogP contribution in [0.3, 0.4) is 0 Å². The van der Waals surface area contributed by atoms with Gasteiger partial charge in [-0.3, -0.25) is 0 Å². The van der Waals surface area contributed by atoms with Crippen molar-refractivity contribution in [2.45, 2.75) is 13.8 Å². The van der Waals surface area contributed by atoms with E-state index in [0.29, 0.717) is 5.95 Å². The minimum atomic E-state index is 0.296. The van der Waals surface area contributed by atoms with Gasteiger partial charge in [0.15, 0.2) is 0 Å². The van der Waals surface area contributed by atoms with Crippen LogP contribution in [0.25, 0.3) is 22.5 Å². The number of nitrogens with two attached hydrogens (primary N) is 1. The summed E-state index contributed by atoms with van der Waals surface area (Å²) in [4.78, 5) is 8.70. The van der Waals surface area contributed by atoms with Crippen molar-refractivity contribution >= 4 is 5.95 Å². The maximum Gasteiger partial charge on any atom is 0.221 e. The molecule has 0 saturated carbocycles. The maximum absolute atomic E-state index is 5.88. The van der Waals surface area contributed by atoms with Crippen molar-refractivity contribution < 1.29 is 0 Å². The standard InChI is InChI=1S/C18H17N3/c1-12-8-9-15(10-13(12)2)17-11-16(20-18(19)21-17)14-6-4-3-5-7-14/h3-11H,1-2H3,(H2,19,20,21). The van der Waals surface area contributed by atoms with Crippen molar-refractivity contribution in [2.75, 3.05) is 5.73 Å². The average Bonchev–Trinajstić information content (AvgIpc) is 2.50. The van der Waals surface area contributed by atoms with E-state index in [2.05, 4.69) is 42.0 Å². The number of anilines is 1. The van der Waals surface area contributed by atoms with Crippen LogP contribution in [0, 0.1) is 13.8 Å². The number of nitrogens with zero attached hydrogens (tertiary/aromatic N) is 2. The van der Waals surface area contributed by atoms with Crippen LogP contribution >= 0.6 is 0 Å².